The predicted octanol–water partition coefficient (Wildman–Crippen LogP) is 11.0. The van der Waals surface area contributed by atoms with Gasteiger partial charge < -0.3 is 0 Å². The van der Waals surface area contributed by atoms with Crippen molar-refractivity contribution in [1.82, 2.24) is 19.9 Å². The number of hydrogen-bond acceptors (Lipinski definition) is 6. The third-order valence-electron chi connectivity index (χ3n) is 8.02. The summed E-state index contributed by atoms with van der Waals surface area (Å²) in [5, 5.41) is 2.13. The number of thiophene rings is 2. The summed E-state index contributed by atoms with van der Waals surface area (Å²) in [5.41, 5.74) is 7.35. The highest BCUT2D eigenvalue weighted by atomic mass is 32.1. The first-order valence-corrected chi connectivity index (χ1v) is 16.9. The molecular formula is C40H28N4S2. The number of rotatable bonds is 7. The van der Waals surface area contributed by atoms with Crippen LogP contribution in [-0.2, 0) is 0 Å². The number of benzene rings is 3. The van der Waals surface area contributed by atoms with Gasteiger partial charge in [-0.3, -0.25) is 4.98 Å². The number of aromatic nitrogens is 4. The smallest absolute Gasteiger partial charge is 0.163 e. The fourth-order valence-electron chi connectivity index (χ4n) is 5.65. The van der Waals surface area contributed by atoms with Crippen molar-refractivity contribution in [2.75, 3.05) is 0 Å². The summed E-state index contributed by atoms with van der Waals surface area (Å²) in [7, 11) is 0. The zero-order chi connectivity index (χ0) is 30.7. The van der Waals surface area contributed by atoms with Crippen molar-refractivity contribution in [3.05, 3.63) is 157 Å². The maximum atomic E-state index is 5.11. The molecule has 4 aromatic heterocycles. The Morgan fingerprint density at radius 3 is 2.07 bits per heavy atom. The molecule has 1 aliphatic carbocycles. The van der Waals surface area contributed by atoms with Gasteiger partial charge in [0.2, 0.25) is 0 Å². The van der Waals surface area contributed by atoms with Gasteiger partial charge in [0, 0.05) is 43.4 Å². The minimum Gasteiger partial charge on any atom is -0.256 e. The van der Waals surface area contributed by atoms with Crippen molar-refractivity contribution < 1.29 is 0 Å². The van der Waals surface area contributed by atoms with Gasteiger partial charge in [-0.15, -0.1) is 22.7 Å². The molecule has 0 N–H and O–H groups in total. The molecule has 7 aromatic rings. The molecule has 0 radical (unpaired) electrons. The third-order valence-corrected chi connectivity index (χ3v) is 10.2. The van der Waals surface area contributed by atoms with Crippen LogP contribution in [0, 0.1) is 0 Å². The second kappa shape index (κ2) is 12.6. The van der Waals surface area contributed by atoms with Gasteiger partial charge in [-0.05, 0) is 77.0 Å². The Bertz CT molecular complexity index is 2170. The lowest BCUT2D eigenvalue weighted by Gasteiger charge is -2.15. The first kappa shape index (κ1) is 28.2. The average Bonchev–Trinajstić information content (AvgIpc) is 3.86. The molecule has 3 aromatic carbocycles. The lowest BCUT2D eigenvalue weighted by Crippen LogP contribution is -2.08. The zero-order valence-corrected chi connectivity index (χ0v) is 26.5. The molecule has 0 spiro atoms. The number of hydrogen-bond donors (Lipinski definition) is 0. The highest BCUT2D eigenvalue weighted by molar-refractivity contribution is 7.23. The van der Waals surface area contributed by atoms with Gasteiger partial charge >= 0.3 is 0 Å². The van der Waals surface area contributed by atoms with Crippen molar-refractivity contribution in [3.8, 4) is 65.4 Å². The molecule has 220 valence electrons. The molecule has 0 amide bonds. The van der Waals surface area contributed by atoms with E-state index in [1.54, 1.807) is 11.3 Å². The van der Waals surface area contributed by atoms with E-state index in [9.17, 15) is 0 Å². The van der Waals surface area contributed by atoms with Crippen LogP contribution in [0.15, 0.2) is 151 Å². The molecule has 1 atom stereocenters. The first-order chi connectivity index (χ1) is 22.8. The summed E-state index contributed by atoms with van der Waals surface area (Å²) >= 11 is 3.58. The minimum atomic E-state index is 0.0988. The van der Waals surface area contributed by atoms with Gasteiger partial charge in [-0.1, -0.05) is 91.0 Å². The van der Waals surface area contributed by atoms with Crippen LogP contribution in [0.4, 0.5) is 0 Å². The van der Waals surface area contributed by atoms with Crippen molar-refractivity contribution in [2.24, 2.45) is 0 Å². The van der Waals surface area contributed by atoms with E-state index >= 15 is 0 Å². The largest absolute Gasteiger partial charge is 0.256 e. The van der Waals surface area contributed by atoms with Crippen LogP contribution in [0.1, 0.15) is 18.2 Å². The van der Waals surface area contributed by atoms with Crippen molar-refractivity contribution in [2.45, 2.75) is 12.3 Å². The van der Waals surface area contributed by atoms with Crippen LogP contribution in [0.2, 0.25) is 0 Å². The number of nitrogens with zero attached hydrogens (tertiary/aromatic N) is 4. The summed E-state index contributed by atoms with van der Waals surface area (Å²) in [6.07, 6.45) is 11.2. The van der Waals surface area contributed by atoms with E-state index in [0.29, 0.717) is 11.6 Å². The minimum absolute atomic E-state index is 0.0988. The van der Waals surface area contributed by atoms with Crippen molar-refractivity contribution >= 4 is 22.7 Å². The van der Waals surface area contributed by atoms with E-state index in [1.807, 2.05) is 53.9 Å². The monoisotopic (exact) mass is 628 g/mol. The maximum Gasteiger partial charge on any atom is 0.163 e. The van der Waals surface area contributed by atoms with E-state index in [-0.39, 0.29) is 5.92 Å². The van der Waals surface area contributed by atoms with Gasteiger partial charge in [0.05, 0.1) is 5.69 Å². The van der Waals surface area contributed by atoms with E-state index in [0.717, 1.165) is 51.3 Å². The average molecular weight is 629 g/mol. The van der Waals surface area contributed by atoms with E-state index in [2.05, 4.69) is 114 Å². The summed E-state index contributed by atoms with van der Waals surface area (Å²) < 4.78 is 0. The summed E-state index contributed by atoms with van der Waals surface area (Å²) in [4.78, 5) is 23.4. The van der Waals surface area contributed by atoms with Crippen molar-refractivity contribution in [1.29, 1.82) is 0 Å². The zero-order valence-electron chi connectivity index (χ0n) is 24.8. The molecule has 4 heterocycles. The van der Waals surface area contributed by atoms with Gasteiger partial charge in [0.1, 0.15) is 5.82 Å². The molecule has 0 aliphatic heterocycles. The molecule has 0 saturated carbocycles. The van der Waals surface area contributed by atoms with Crippen LogP contribution < -0.4 is 0 Å². The van der Waals surface area contributed by atoms with Gasteiger partial charge in [0.15, 0.2) is 11.6 Å². The number of allylic oxidation sites excluding steroid dienone is 4. The maximum absolute atomic E-state index is 5.11. The van der Waals surface area contributed by atoms with Crippen LogP contribution in [0.3, 0.4) is 0 Å². The topological polar surface area (TPSA) is 51.6 Å². The molecule has 0 fully saturated rings. The van der Waals surface area contributed by atoms with E-state index in [4.69, 9.17) is 15.0 Å². The second-order valence-electron chi connectivity index (χ2n) is 11.1. The molecule has 46 heavy (non-hydrogen) atoms. The second-order valence-corrected chi connectivity index (χ2v) is 13.1. The molecule has 6 heteroatoms. The number of pyridine rings is 1. The fourth-order valence-corrected chi connectivity index (χ4v) is 7.48. The molecular weight excluding hydrogens is 601 g/mol. The molecule has 0 saturated heterocycles. The highest BCUT2D eigenvalue weighted by Gasteiger charge is 2.19. The third kappa shape index (κ3) is 5.88. The lowest BCUT2D eigenvalue weighted by atomic mass is 9.97. The molecule has 1 aliphatic rings. The summed E-state index contributed by atoms with van der Waals surface area (Å²) in [6, 6.07) is 40.2. The Morgan fingerprint density at radius 2 is 1.30 bits per heavy atom. The van der Waals surface area contributed by atoms with E-state index in [1.165, 1.54) is 14.6 Å². The quantitative estimate of drug-likeness (QED) is 0.176. The van der Waals surface area contributed by atoms with Crippen LogP contribution in [-0.4, -0.2) is 19.9 Å². The van der Waals surface area contributed by atoms with Crippen LogP contribution in [0.25, 0.3) is 65.4 Å². The molecule has 4 nitrogen and oxygen atoms in total. The SMILES string of the molecule is C1=CCC(c2nc(-c3ccccc3)nc(-c3cc(-c4ccc(-c5ccccn5)cc4)cc(-c4ccc(-c5cccs5)s4)c3)n2)C=C1. The van der Waals surface area contributed by atoms with Gasteiger partial charge in [-0.25, -0.2) is 15.0 Å². The standard InChI is InChI=1S/C40H28N4S2/c1-3-10-29(11-4-1)38-42-39(30-12-5-2-6-13-30)44-40(43-38)33-25-31(27-16-18-28(19-17-27)34-14-7-8-22-41-34)24-32(26-33)35-20-21-37(46-35)36-15-9-23-45-36/h1-12,14-26,30H,13H2. The normalized spacial score (nSPS) is 14.0. The van der Waals surface area contributed by atoms with Gasteiger partial charge in [-0.2, -0.15) is 0 Å². The Kier molecular flexibility index (Phi) is 7.72. The van der Waals surface area contributed by atoms with Crippen LogP contribution in [0.5, 0.6) is 0 Å². The summed E-state index contributed by atoms with van der Waals surface area (Å²) in [5.74, 6) is 2.25. The van der Waals surface area contributed by atoms with Crippen molar-refractivity contribution in [3.63, 3.8) is 0 Å². The lowest BCUT2D eigenvalue weighted by molar-refractivity contribution is 0.764. The Morgan fingerprint density at radius 1 is 0.543 bits per heavy atom. The Labute approximate surface area is 276 Å². The fraction of sp³-hybridized carbons (Fsp3) is 0.0500. The Balaban J connectivity index is 1.27. The van der Waals surface area contributed by atoms with Gasteiger partial charge in [0.25, 0.3) is 0 Å². The highest BCUT2D eigenvalue weighted by Crippen LogP contribution is 2.40. The molecule has 0 bridgehead atoms. The predicted molar refractivity (Wildman–Crippen MR) is 192 cm³/mol. The summed E-state index contributed by atoms with van der Waals surface area (Å²) in [6.45, 7) is 0. The van der Waals surface area contributed by atoms with Crippen LogP contribution >= 0.6 is 22.7 Å². The molecule has 8 rings (SSSR count). The van der Waals surface area contributed by atoms with E-state index < -0.39 is 0 Å². The Hall–Kier alpha value is -5.30. The molecule has 1 unspecified atom stereocenters. The first-order valence-electron chi connectivity index (χ1n) is 15.2.